The molecule has 1 amide bonds. The number of benzene rings is 1. The predicted octanol–water partition coefficient (Wildman–Crippen LogP) is 3.70. The average molecular weight is 408 g/mol. The Morgan fingerprint density at radius 1 is 1.19 bits per heavy atom. The summed E-state index contributed by atoms with van der Waals surface area (Å²) in [6.07, 6.45) is 0. The van der Waals surface area contributed by atoms with Gasteiger partial charge in [-0.15, -0.1) is 22.7 Å². The van der Waals surface area contributed by atoms with Crippen molar-refractivity contribution >= 4 is 43.7 Å². The first-order chi connectivity index (χ1) is 12.1. The number of aromatic nitrogens is 1. The monoisotopic (exact) mass is 407 g/mol. The second kappa shape index (κ2) is 6.92. The fourth-order valence-electron chi connectivity index (χ4n) is 2.44. The highest BCUT2D eigenvalue weighted by Gasteiger charge is 2.18. The second-order valence-corrected chi connectivity index (χ2v) is 9.54. The molecule has 2 heterocycles. The number of hydrogen-bond donors (Lipinski definition) is 2. The van der Waals surface area contributed by atoms with Gasteiger partial charge in [-0.2, -0.15) is 0 Å². The Hall–Kier alpha value is -2.07. The number of nitrogens with one attached hydrogen (secondary N) is 1. The Bertz CT molecular complexity index is 1100. The fraction of sp³-hybridized carbons (Fsp3) is 0.176. The number of amides is 1. The molecule has 3 N–H and O–H groups in total. The molecule has 2 aromatic heterocycles. The van der Waals surface area contributed by atoms with E-state index in [1.54, 1.807) is 31.3 Å². The average Bonchev–Trinajstić information content (AvgIpc) is 3.17. The maximum atomic E-state index is 12.5. The standard InChI is InChI=1S/C17H17N3O3S3/c1-9-6-12(7-15(11(9)3)26(18,22)23)16(21)20-17-19-13(8-24-17)14-5-4-10(2)25-14/h4-8H,1-3H3,(H2,18,22,23)(H,19,20,21). The summed E-state index contributed by atoms with van der Waals surface area (Å²) in [7, 11) is -3.91. The van der Waals surface area contributed by atoms with Gasteiger partial charge in [0.15, 0.2) is 5.13 Å². The van der Waals surface area contributed by atoms with E-state index in [0.717, 1.165) is 10.6 Å². The van der Waals surface area contributed by atoms with Gasteiger partial charge in [0.05, 0.1) is 15.5 Å². The third kappa shape index (κ3) is 3.85. The van der Waals surface area contributed by atoms with E-state index in [4.69, 9.17) is 5.14 Å². The number of carbonyl (C=O) groups is 1. The lowest BCUT2D eigenvalue weighted by atomic mass is 10.1. The van der Waals surface area contributed by atoms with Crippen molar-refractivity contribution in [2.24, 2.45) is 5.14 Å². The zero-order valence-electron chi connectivity index (χ0n) is 14.4. The van der Waals surface area contributed by atoms with Gasteiger partial charge in [0.25, 0.3) is 5.91 Å². The van der Waals surface area contributed by atoms with E-state index in [2.05, 4.69) is 10.3 Å². The maximum Gasteiger partial charge on any atom is 0.257 e. The van der Waals surface area contributed by atoms with Gasteiger partial charge in [0.1, 0.15) is 0 Å². The number of rotatable bonds is 4. The van der Waals surface area contributed by atoms with Gasteiger partial charge >= 0.3 is 0 Å². The van der Waals surface area contributed by atoms with Crippen LogP contribution in [0, 0.1) is 20.8 Å². The molecule has 0 saturated heterocycles. The van der Waals surface area contributed by atoms with Crippen LogP contribution in [-0.4, -0.2) is 19.3 Å². The Morgan fingerprint density at radius 3 is 2.54 bits per heavy atom. The van der Waals surface area contributed by atoms with E-state index >= 15 is 0 Å². The van der Waals surface area contributed by atoms with Crippen molar-refractivity contribution in [1.82, 2.24) is 4.98 Å². The van der Waals surface area contributed by atoms with Crippen LogP contribution in [0.3, 0.4) is 0 Å². The van der Waals surface area contributed by atoms with Crippen LogP contribution in [0.1, 0.15) is 26.4 Å². The summed E-state index contributed by atoms with van der Waals surface area (Å²) in [5.41, 5.74) is 2.23. The Labute approximate surface area is 159 Å². The normalized spacial score (nSPS) is 11.5. The van der Waals surface area contributed by atoms with Crippen LogP contribution in [-0.2, 0) is 10.0 Å². The topological polar surface area (TPSA) is 102 Å². The highest BCUT2D eigenvalue weighted by atomic mass is 32.2. The van der Waals surface area contributed by atoms with Crippen LogP contribution in [0.5, 0.6) is 0 Å². The van der Waals surface area contributed by atoms with Gasteiger partial charge in [-0.25, -0.2) is 18.5 Å². The maximum absolute atomic E-state index is 12.5. The molecule has 0 unspecified atom stereocenters. The molecule has 0 fully saturated rings. The summed E-state index contributed by atoms with van der Waals surface area (Å²) in [5, 5.41) is 10.3. The number of nitrogens with two attached hydrogens (primary N) is 1. The number of hydrogen-bond acceptors (Lipinski definition) is 6. The highest BCUT2D eigenvalue weighted by Crippen LogP contribution is 2.30. The summed E-state index contributed by atoms with van der Waals surface area (Å²) < 4.78 is 23.5. The Balaban J connectivity index is 1.87. The van der Waals surface area contributed by atoms with Gasteiger partial charge in [0, 0.05) is 15.8 Å². The van der Waals surface area contributed by atoms with Crippen LogP contribution in [0.25, 0.3) is 10.6 Å². The van der Waals surface area contributed by atoms with Crippen molar-refractivity contribution in [1.29, 1.82) is 0 Å². The quantitative estimate of drug-likeness (QED) is 0.688. The lowest BCUT2D eigenvalue weighted by molar-refractivity contribution is 0.102. The molecule has 0 saturated carbocycles. The minimum atomic E-state index is -3.91. The molecule has 3 aromatic rings. The lowest BCUT2D eigenvalue weighted by Crippen LogP contribution is -2.17. The molecular formula is C17H17N3O3S3. The molecule has 0 aliphatic heterocycles. The smallest absolute Gasteiger partial charge is 0.257 e. The third-order valence-corrected chi connectivity index (χ3v) is 6.72. The summed E-state index contributed by atoms with van der Waals surface area (Å²) in [5.74, 6) is -0.429. The third-order valence-electron chi connectivity index (χ3n) is 3.91. The van der Waals surface area contributed by atoms with E-state index < -0.39 is 15.9 Å². The molecule has 0 radical (unpaired) electrons. The second-order valence-electron chi connectivity index (χ2n) is 5.86. The summed E-state index contributed by atoms with van der Waals surface area (Å²) in [6.45, 7) is 5.42. The van der Waals surface area contributed by atoms with E-state index in [1.165, 1.54) is 22.3 Å². The van der Waals surface area contributed by atoms with Crippen LogP contribution < -0.4 is 10.5 Å². The van der Waals surface area contributed by atoms with Gasteiger partial charge in [-0.05, 0) is 56.2 Å². The van der Waals surface area contributed by atoms with E-state index in [0.29, 0.717) is 16.3 Å². The number of thiophene rings is 1. The molecule has 0 aliphatic rings. The number of primary sulfonamides is 1. The zero-order chi connectivity index (χ0) is 19.1. The lowest BCUT2D eigenvalue weighted by Gasteiger charge is -2.10. The number of aryl methyl sites for hydroxylation is 2. The van der Waals surface area contributed by atoms with Crippen LogP contribution in [0.15, 0.2) is 34.5 Å². The molecule has 0 atom stereocenters. The van der Waals surface area contributed by atoms with Gasteiger partial charge < -0.3 is 0 Å². The van der Waals surface area contributed by atoms with Crippen LogP contribution >= 0.6 is 22.7 Å². The van der Waals surface area contributed by atoms with Crippen molar-refractivity contribution in [2.45, 2.75) is 25.7 Å². The van der Waals surface area contributed by atoms with E-state index in [9.17, 15) is 13.2 Å². The van der Waals surface area contributed by atoms with E-state index in [-0.39, 0.29) is 10.5 Å². The van der Waals surface area contributed by atoms with Crippen molar-refractivity contribution in [3.05, 3.63) is 51.2 Å². The number of thiazole rings is 1. The molecular weight excluding hydrogens is 390 g/mol. The largest absolute Gasteiger partial charge is 0.298 e. The molecule has 9 heteroatoms. The Kier molecular flexibility index (Phi) is 4.98. The number of anilines is 1. The van der Waals surface area contributed by atoms with E-state index in [1.807, 2.05) is 24.4 Å². The summed E-state index contributed by atoms with van der Waals surface area (Å²) in [6, 6.07) is 6.94. The van der Waals surface area contributed by atoms with Crippen molar-refractivity contribution in [3.63, 3.8) is 0 Å². The van der Waals surface area contributed by atoms with Crippen molar-refractivity contribution in [3.8, 4) is 10.6 Å². The van der Waals surface area contributed by atoms with Gasteiger partial charge in [0.2, 0.25) is 10.0 Å². The first-order valence-electron chi connectivity index (χ1n) is 7.63. The van der Waals surface area contributed by atoms with Crippen molar-refractivity contribution in [2.75, 3.05) is 5.32 Å². The van der Waals surface area contributed by atoms with Crippen molar-refractivity contribution < 1.29 is 13.2 Å². The highest BCUT2D eigenvalue weighted by molar-refractivity contribution is 7.89. The molecule has 0 spiro atoms. The minimum absolute atomic E-state index is 0.0449. The number of carbonyl (C=O) groups excluding carboxylic acids is 1. The van der Waals surface area contributed by atoms with Gasteiger partial charge in [-0.3, -0.25) is 10.1 Å². The molecule has 1 aromatic carbocycles. The number of sulfonamides is 1. The first kappa shape index (κ1) is 18.7. The molecule has 0 bridgehead atoms. The number of nitrogens with zero attached hydrogens (tertiary/aromatic N) is 1. The molecule has 26 heavy (non-hydrogen) atoms. The summed E-state index contributed by atoms with van der Waals surface area (Å²) in [4.78, 5) is 19.1. The SMILES string of the molecule is Cc1ccc(-c2csc(NC(=O)c3cc(C)c(C)c(S(N)(=O)=O)c3)n2)s1. The molecule has 6 nitrogen and oxygen atoms in total. The minimum Gasteiger partial charge on any atom is -0.298 e. The first-order valence-corrected chi connectivity index (χ1v) is 10.9. The van der Waals surface area contributed by atoms with Crippen LogP contribution in [0.4, 0.5) is 5.13 Å². The fourth-order valence-corrected chi connectivity index (χ4v) is 4.93. The molecule has 3 rings (SSSR count). The predicted molar refractivity (Wildman–Crippen MR) is 105 cm³/mol. The molecule has 0 aliphatic carbocycles. The summed E-state index contributed by atoms with van der Waals surface area (Å²) >= 11 is 2.94. The Morgan fingerprint density at radius 2 is 1.92 bits per heavy atom. The zero-order valence-corrected chi connectivity index (χ0v) is 16.8. The van der Waals surface area contributed by atoms with Gasteiger partial charge in [-0.1, -0.05) is 0 Å². The molecule has 136 valence electrons. The van der Waals surface area contributed by atoms with Crippen LogP contribution in [0.2, 0.25) is 0 Å².